The standard InChI is InChI=1S/C15H28N2O2/c1-7-10-11(4)17-13(19)15(8-2,9-3)16-12(18)14(17,5)6/h11H,7-10H2,1-6H3,(H,16,18). The van der Waals surface area contributed by atoms with Crippen molar-refractivity contribution in [2.75, 3.05) is 0 Å². The second-order valence-corrected chi connectivity index (χ2v) is 6.12. The van der Waals surface area contributed by atoms with Crippen LogP contribution in [0.3, 0.4) is 0 Å². The van der Waals surface area contributed by atoms with Crippen molar-refractivity contribution in [3.05, 3.63) is 0 Å². The van der Waals surface area contributed by atoms with E-state index in [0.717, 1.165) is 12.8 Å². The lowest BCUT2D eigenvalue weighted by Gasteiger charge is -2.52. The largest absolute Gasteiger partial charge is 0.340 e. The second-order valence-electron chi connectivity index (χ2n) is 6.12. The molecule has 0 radical (unpaired) electrons. The maximum atomic E-state index is 12.9. The van der Waals surface area contributed by atoms with Gasteiger partial charge in [0.2, 0.25) is 11.8 Å². The quantitative estimate of drug-likeness (QED) is 0.832. The molecular weight excluding hydrogens is 240 g/mol. The van der Waals surface area contributed by atoms with E-state index in [-0.39, 0.29) is 17.9 Å². The van der Waals surface area contributed by atoms with Gasteiger partial charge in [0.25, 0.3) is 0 Å². The lowest BCUT2D eigenvalue weighted by atomic mass is 9.82. The van der Waals surface area contributed by atoms with Gasteiger partial charge >= 0.3 is 0 Å². The molecule has 1 unspecified atom stereocenters. The number of rotatable bonds is 5. The number of nitrogens with one attached hydrogen (secondary N) is 1. The Bertz CT molecular complexity index is 359. The van der Waals surface area contributed by atoms with Gasteiger partial charge < -0.3 is 10.2 Å². The molecule has 1 aliphatic heterocycles. The van der Waals surface area contributed by atoms with Crippen molar-refractivity contribution in [2.24, 2.45) is 0 Å². The molecule has 1 rings (SSSR count). The van der Waals surface area contributed by atoms with Crippen molar-refractivity contribution in [2.45, 2.75) is 84.3 Å². The third-order valence-electron chi connectivity index (χ3n) is 4.49. The van der Waals surface area contributed by atoms with Crippen molar-refractivity contribution in [3.63, 3.8) is 0 Å². The van der Waals surface area contributed by atoms with Crippen molar-refractivity contribution in [3.8, 4) is 0 Å². The maximum Gasteiger partial charge on any atom is 0.249 e. The number of piperazine rings is 1. The topological polar surface area (TPSA) is 49.4 Å². The molecule has 110 valence electrons. The third-order valence-corrected chi connectivity index (χ3v) is 4.49. The number of carbonyl (C=O) groups excluding carboxylic acids is 2. The predicted octanol–water partition coefficient (Wildman–Crippen LogP) is 2.47. The normalized spacial score (nSPS) is 23.2. The highest BCUT2D eigenvalue weighted by Crippen LogP contribution is 2.32. The maximum absolute atomic E-state index is 12.9. The fourth-order valence-corrected chi connectivity index (χ4v) is 3.04. The summed E-state index contributed by atoms with van der Waals surface area (Å²) in [6, 6.07) is 0.0935. The predicted molar refractivity (Wildman–Crippen MR) is 76.8 cm³/mol. The molecule has 1 fully saturated rings. The smallest absolute Gasteiger partial charge is 0.249 e. The zero-order chi connectivity index (χ0) is 14.8. The van der Waals surface area contributed by atoms with Crippen LogP contribution in [0, 0.1) is 0 Å². The summed E-state index contributed by atoms with van der Waals surface area (Å²) in [5.74, 6) is 0.0294. The summed E-state index contributed by atoms with van der Waals surface area (Å²) in [4.78, 5) is 27.1. The van der Waals surface area contributed by atoms with Gasteiger partial charge in [-0.3, -0.25) is 9.59 Å². The summed E-state index contributed by atoms with van der Waals surface area (Å²) in [5, 5.41) is 2.97. The van der Waals surface area contributed by atoms with Crippen molar-refractivity contribution < 1.29 is 9.59 Å². The van der Waals surface area contributed by atoms with Gasteiger partial charge in [0.15, 0.2) is 0 Å². The molecule has 0 aromatic rings. The first-order valence-corrected chi connectivity index (χ1v) is 7.43. The molecule has 0 aromatic heterocycles. The van der Waals surface area contributed by atoms with Gasteiger partial charge in [-0.1, -0.05) is 27.2 Å². The van der Waals surface area contributed by atoms with E-state index < -0.39 is 11.1 Å². The van der Waals surface area contributed by atoms with Crippen LogP contribution in [0.15, 0.2) is 0 Å². The highest BCUT2D eigenvalue weighted by atomic mass is 16.2. The highest BCUT2D eigenvalue weighted by Gasteiger charge is 2.53. The van der Waals surface area contributed by atoms with E-state index in [0.29, 0.717) is 12.8 Å². The van der Waals surface area contributed by atoms with Gasteiger partial charge in [-0.25, -0.2) is 0 Å². The Morgan fingerprint density at radius 3 is 2.11 bits per heavy atom. The fraction of sp³-hybridized carbons (Fsp3) is 0.867. The summed E-state index contributed by atoms with van der Waals surface area (Å²) in [5.41, 5.74) is -1.48. The molecule has 4 heteroatoms. The van der Waals surface area contributed by atoms with E-state index in [1.807, 2.05) is 39.5 Å². The van der Waals surface area contributed by atoms with Gasteiger partial charge in [-0.05, 0) is 40.0 Å². The first kappa shape index (κ1) is 16.0. The van der Waals surface area contributed by atoms with Crippen LogP contribution in [0.2, 0.25) is 0 Å². The Labute approximate surface area is 116 Å². The molecule has 1 N–H and O–H groups in total. The number of hydrogen-bond acceptors (Lipinski definition) is 2. The van der Waals surface area contributed by atoms with E-state index in [1.165, 1.54) is 0 Å². The van der Waals surface area contributed by atoms with E-state index in [9.17, 15) is 9.59 Å². The number of amides is 2. The first-order chi connectivity index (χ1) is 8.76. The molecule has 0 spiro atoms. The third kappa shape index (κ3) is 2.49. The van der Waals surface area contributed by atoms with Crippen molar-refractivity contribution >= 4 is 11.8 Å². The van der Waals surface area contributed by atoms with Gasteiger partial charge in [-0.15, -0.1) is 0 Å². The molecule has 19 heavy (non-hydrogen) atoms. The van der Waals surface area contributed by atoms with Gasteiger partial charge in [0.1, 0.15) is 11.1 Å². The molecule has 4 nitrogen and oxygen atoms in total. The molecule has 1 atom stereocenters. The highest BCUT2D eigenvalue weighted by molar-refractivity contribution is 6.02. The average molecular weight is 268 g/mol. The molecule has 0 aliphatic carbocycles. The summed E-state index contributed by atoms with van der Waals surface area (Å²) in [7, 11) is 0. The summed E-state index contributed by atoms with van der Waals surface area (Å²) >= 11 is 0. The number of nitrogens with zero attached hydrogens (tertiary/aromatic N) is 1. The van der Waals surface area contributed by atoms with Crippen LogP contribution in [-0.4, -0.2) is 33.8 Å². The summed E-state index contributed by atoms with van der Waals surface area (Å²) in [6.07, 6.45) is 3.21. The van der Waals surface area contributed by atoms with Crippen LogP contribution in [0.25, 0.3) is 0 Å². The number of carbonyl (C=O) groups is 2. The molecule has 0 aromatic carbocycles. The van der Waals surface area contributed by atoms with Crippen LogP contribution < -0.4 is 5.32 Å². The van der Waals surface area contributed by atoms with E-state index in [4.69, 9.17) is 0 Å². The minimum absolute atomic E-state index is 0.0428. The Hall–Kier alpha value is -1.06. The van der Waals surface area contributed by atoms with Gasteiger partial charge in [0, 0.05) is 6.04 Å². The van der Waals surface area contributed by atoms with E-state index in [1.54, 1.807) is 0 Å². The van der Waals surface area contributed by atoms with Crippen molar-refractivity contribution in [1.29, 1.82) is 0 Å². The van der Waals surface area contributed by atoms with Crippen LogP contribution in [0.1, 0.15) is 67.2 Å². The monoisotopic (exact) mass is 268 g/mol. The van der Waals surface area contributed by atoms with Gasteiger partial charge in [0.05, 0.1) is 0 Å². The molecule has 0 bridgehead atoms. The zero-order valence-corrected chi connectivity index (χ0v) is 13.2. The Morgan fingerprint density at radius 1 is 1.16 bits per heavy atom. The minimum atomic E-state index is -0.764. The van der Waals surface area contributed by atoms with E-state index in [2.05, 4.69) is 12.2 Å². The Morgan fingerprint density at radius 2 is 1.68 bits per heavy atom. The van der Waals surface area contributed by atoms with Crippen LogP contribution in [-0.2, 0) is 9.59 Å². The second kappa shape index (κ2) is 5.51. The van der Waals surface area contributed by atoms with E-state index >= 15 is 0 Å². The Balaban J connectivity index is 3.21. The Kier molecular flexibility index (Phi) is 4.64. The molecule has 0 saturated carbocycles. The molecular formula is C15H28N2O2. The fourth-order valence-electron chi connectivity index (χ4n) is 3.04. The molecule has 1 saturated heterocycles. The summed E-state index contributed by atoms with van der Waals surface area (Å²) in [6.45, 7) is 11.7. The number of hydrogen-bond donors (Lipinski definition) is 1. The zero-order valence-electron chi connectivity index (χ0n) is 13.2. The summed E-state index contributed by atoms with van der Waals surface area (Å²) < 4.78 is 0. The lowest BCUT2D eigenvalue weighted by molar-refractivity contribution is -0.164. The SMILES string of the molecule is CCCC(C)N1C(=O)C(CC)(CC)NC(=O)C1(C)C. The minimum Gasteiger partial charge on any atom is -0.340 e. The molecule has 1 heterocycles. The van der Waals surface area contributed by atoms with Crippen molar-refractivity contribution in [1.82, 2.24) is 10.2 Å². The molecule has 1 aliphatic rings. The van der Waals surface area contributed by atoms with Crippen LogP contribution >= 0.6 is 0 Å². The van der Waals surface area contributed by atoms with Crippen LogP contribution in [0.4, 0.5) is 0 Å². The average Bonchev–Trinajstić information content (AvgIpc) is 2.34. The molecule has 2 amide bonds. The first-order valence-electron chi connectivity index (χ1n) is 7.43. The van der Waals surface area contributed by atoms with Gasteiger partial charge in [-0.2, -0.15) is 0 Å². The van der Waals surface area contributed by atoms with Crippen LogP contribution in [0.5, 0.6) is 0 Å². The lowest BCUT2D eigenvalue weighted by Crippen LogP contribution is -2.75.